The summed E-state index contributed by atoms with van der Waals surface area (Å²) in [5, 5.41) is 3.70. The van der Waals surface area contributed by atoms with Crippen LogP contribution < -0.4 is 5.32 Å². The summed E-state index contributed by atoms with van der Waals surface area (Å²) in [7, 11) is 0. The number of hydrogen-bond acceptors (Lipinski definition) is 2. The second kappa shape index (κ2) is 4.43. The molecule has 0 aromatic heterocycles. The molecular weight excluding hydrogens is 208 g/mol. The van der Waals surface area contributed by atoms with Crippen molar-refractivity contribution in [2.75, 3.05) is 19.6 Å². The Kier molecular flexibility index (Phi) is 2.93. The molecule has 92 valence electrons. The lowest BCUT2D eigenvalue weighted by molar-refractivity contribution is 0.200. The van der Waals surface area contributed by atoms with Crippen LogP contribution in [0, 0.1) is 5.41 Å². The number of hydrogen-bond donors (Lipinski definition) is 1. The van der Waals surface area contributed by atoms with Gasteiger partial charge in [0.05, 0.1) is 0 Å². The highest BCUT2D eigenvalue weighted by Gasteiger charge is 2.43. The van der Waals surface area contributed by atoms with E-state index in [0.717, 1.165) is 6.54 Å². The van der Waals surface area contributed by atoms with E-state index in [1.165, 1.54) is 38.0 Å². The Balaban J connectivity index is 1.67. The van der Waals surface area contributed by atoms with Gasteiger partial charge in [-0.05, 0) is 30.4 Å². The number of likely N-dealkylation sites (tertiary alicyclic amines) is 1. The van der Waals surface area contributed by atoms with Crippen LogP contribution in [-0.2, 0) is 6.54 Å². The Hall–Kier alpha value is -0.860. The quantitative estimate of drug-likeness (QED) is 0.838. The minimum absolute atomic E-state index is 0.507. The first-order valence-corrected chi connectivity index (χ1v) is 6.76. The van der Waals surface area contributed by atoms with Gasteiger partial charge in [0.2, 0.25) is 0 Å². The Labute approximate surface area is 104 Å². The number of piperidine rings is 1. The van der Waals surface area contributed by atoms with E-state index in [-0.39, 0.29) is 0 Å². The number of nitrogens with zero attached hydrogens (tertiary/aromatic N) is 1. The standard InChI is InChI=1S/C15H22N2/c1-15-8-5-9-16-14(15)11-17(12-15)10-13-6-3-2-4-7-13/h2-4,6-7,14,16H,5,8-12H2,1H3/t14-,15+/m1/s1. The van der Waals surface area contributed by atoms with Gasteiger partial charge in [-0.2, -0.15) is 0 Å². The van der Waals surface area contributed by atoms with E-state index < -0.39 is 0 Å². The Morgan fingerprint density at radius 3 is 2.94 bits per heavy atom. The minimum atomic E-state index is 0.507. The Morgan fingerprint density at radius 1 is 1.35 bits per heavy atom. The summed E-state index contributed by atoms with van der Waals surface area (Å²) in [6.07, 6.45) is 2.72. The van der Waals surface area contributed by atoms with E-state index in [0.29, 0.717) is 11.5 Å². The second-order valence-corrected chi connectivity index (χ2v) is 5.92. The average molecular weight is 230 g/mol. The van der Waals surface area contributed by atoms with Gasteiger partial charge in [-0.1, -0.05) is 37.3 Å². The molecule has 0 radical (unpaired) electrons. The maximum atomic E-state index is 3.70. The maximum absolute atomic E-state index is 3.70. The topological polar surface area (TPSA) is 15.3 Å². The molecule has 2 heterocycles. The molecular formula is C15H22N2. The molecule has 2 heteroatoms. The first-order valence-electron chi connectivity index (χ1n) is 6.76. The average Bonchev–Trinajstić information content (AvgIpc) is 2.66. The van der Waals surface area contributed by atoms with Crippen molar-refractivity contribution in [3.8, 4) is 0 Å². The normalized spacial score (nSPS) is 33.6. The lowest BCUT2D eigenvalue weighted by Gasteiger charge is -2.35. The Morgan fingerprint density at radius 2 is 2.18 bits per heavy atom. The van der Waals surface area contributed by atoms with E-state index in [1.54, 1.807) is 0 Å². The van der Waals surface area contributed by atoms with Crippen LogP contribution in [-0.4, -0.2) is 30.6 Å². The van der Waals surface area contributed by atoms with E-state index in [4.69, 9.17) is 0 Å². The van der Waals surface area contributed by atoms with Gasteiger partial charge in [0, 0.05) is 25.7 Å². The molecule has 1 aromatic rings. The number of benzene rings is 1. The molecule has 0 aliphatic carbocycles. The SMILES string of the molecule is C[C@@]12CCCN[C@@H]1CN(Cc1ccccc1)C2. The zero-order chi connectivity index (χ0) is 11.7. The molecule has 0 saturated carbocycles. The van der Waals surface area contributed by atoms with Crippen LogP contribution in [0.3, 0.4) is 0 Å². The van der Waals surface area contributed by atoms with Gasteiger partial charge < -0.3 is 5.32 Å². The largest absolute Gasteiger partial charge is 0.312 e. The lowest BCUT2D eigenvalue weighted by atomic mass is 9.78. The van der Waals surface area contributed by atoms with Crippen molar-refractivity contribution in [1.82, 2.24) is 10.2 Å². The molecule has 1 N–H and O–H groups in total. The summed E-state index contributed by atoms with van der Waals surface area (Å²) >= 11 is 0. The van der Waals surface area contributed by atoms with Crippen LogP contribution >= 0.6 is 0 Å². The van der Waals surface area contributed by atoms with Crippen molar-refractivity contribution in [1.29, 1.82) is 0 Å². The zero-order valence-electron chi connectivity index (χ0n) is 10.7. The summed E-state index contributed by atoms with van der Waals surface area (Å²) in [5.41, 5.74) is 1.95. The van der Waals surface area contributed by atoms with E-state index in [2.05, 4.69) is 47.5 Å². The van der Waals surface area contributed by atoms with Gasteiger partial charge in [0.15, 0.2) is 0 Å². The molecule has 3 rings (SSSR count). The fraction of sp³-hybridized carbons (Fsp3) is 0.600. The molecule has 2 nitrogen and oxygen atoms in total. The molecule has 2 saturated heterocycles. The minimum Gasteiger partial charge on any atom is -0.312 e. The van der Waals surface area contributed by atoms with Crippen LogP contribution in [0.15, 0.2) is 30.3 Å². The monoisotopic (exact) mass is 230 g/mol. The van der Waals surface area contributed by atoms with E-state index in [9.17, 15) is 0 Å². The Bertz CT molecular complexity index is 376. The van der Waals surface area contributed by atoms with Crippen molar-refractivity contribution >= 4 is 0 Å². The van der Waals surface area contributed by atoms with Gasteiger partial charge in [-0.15, -0.1) is 0 Å². The highest BCUT2D eigenvalue weighted by atomic mass is 15.2. The molecule has 2 atom stereocenters. The predicted molar refractivity (Wildman–Crippen MR) is 70.9 cm³/mol. The molecule has 0 unspecified atom stereocenters. The molecule has 1 aromatic carbocycles. The zero-order valence-corrected chi connectivity index (χ0v) is 10.7. The molecule has 0 bridgehead atoms. The van der Waals surface area contributed by atoms with Crippen LogP contribution in [0.1, 0.15) is 25.3 Å². The second-order valence-electron chi connectivity index (χ2n) is 5.92. The van der Waals surface area contributed by atoms with Crippen molar-refractivity contribution in [3.05, 3.63) is 35.9 Å². The van der Waals surface area contributed by atoms with Gasteiger partial charge in [0.25, 0.3) is 0 Å². The highest BCUT2D eigenvalue weighted by Crippen LogP contribution is 2.37. The molecule has 2 fully saturated rings. The van der Waals surface area contributed by atoms with E-state index >= 15 is 0 Å². The predicted octanol–water partition coefficient (Wildman–Crippen LogP) is 2.26. The fourth-order valence-electron chi connectivity index (χ4n) is 3.46. The third kappa shape index (κ3) is 2.24. The van der Waals surface area contributed by atoms with Crippen LogP contribution in [0.25, 0.3) is 0 Å². The molecule has 2 aliphatic rings. The third-order valence-corrected chi connectivity index (χ3v) is 4.43. The van der Waals surface area contributed by atoms with Crippen LogP contribution in [0.5, 0.6) is 0 Å². The summed E-state index contributed by atoms with van der Waals surface area (Å²) in [4.78, 5) is 2.61. The third-order valence-electron chi connectivity index (χ3n) is 4.43. The van der Waals surface area contributed by atoms with Crippen molar-refractivity contribution in [2.24, 2.45) is 5.41 Å². The van der Waals surface area contributed by atoms with Gasteiger partial charge >= 0.3 is 0 Å². The summed E-state index contributed by atoms with van der Waals surface area (Å²) in [6, 6.07) is 11.5. The van der Waals surface area contributed by atoms with Gasteiger partial charge in [0.1, 0.15) is 0 Å². The maximum Gasteiger partial charge on any atom is 0.0261 e. The highest BCUT2D eigenvalue weighted by molar-refractivity contribution is 5.15. The lowest BCUT2D eigenvalue weighted by Crippen LogP contribution is -2.47. The van der Waals surface area contributed by atoms with Crippen molar-refractivity contribution < 1.29 is 0 Å². The number of fused-ring (bicyclic) bond motifs is 1. The van der Waals surface area contributed by atoms with Gasteiger partial charge in [-0.25, -0.2) is 0 Å². The van der Waals surface area contributed by atoms with Gasteiger partial charge in [-0.3, -0.25) is 4.90 Å². The fourth-order valence-corrected chi connectivity index (χ4v) is 3.46. The van der Waals surface area contributed by atoms with Crippen molar-refractivity contribution in [3.63, 3.8) is 0 Å². The first-order chi connectivity index (χ1) is 8.26. The molecule has 0 spiro atoms. The smallest absolute Gasteiger partial charge is 0.0261 e. The first kappa shape index (κ1) is 11.2. The molecule has 2 aliphatic heterocycles. The van der Waals surface area contributed by atoms with E-state index in [1.807, 2.05) is 0 Å². The number of rotatable bonds is 2. The molecule has 0 amide bonds. The summed E-state index contributed by atoms with van der Waals surface area (Å²) in [5.74, 6) is 0. The summed E-state index contributed by atoms with van der Waals surface area (Å²) in [6.45, 7) is 7.23. The number of nitrogens with one attached hydrogen (secondary N) is 1. The van der Waals surface area contributed by atoms with Crippen molar-refractivity contribution in [2.45, 2.75) is 32.4 Å². The summed E-state index contributed by atoms with van der Waals surface area (Å²) < 4.78 is 0. The van der Waals surface area contributed by atoms with Crippen LogP contribution in [0.2, 0.25) is 0 Å². The van der Waals surface area contributed by atoms with Crippen LogP contribution in [0.4, 0.5) is 0 Å². The molecule has 17 heavy (non-hydrogen) atoms.